The molecule has 4 rings (SSSR count). The zero-order valence-corrected chi connectivity index (χ0v) is 17.0. The van der Waals surface area contributed by atoms with Crippen molar-refractivity contribution in [3.63, 3.8) is 0 Å². The van der Waals surface area contributed by atoms with Crippen molar-refractivity contribution >= 4 is 6.03 Å². The lowest BCUT2D eigenvalue weighted by Crippen LogP contribution is -2.60. The third-order valence-electron chi connectivity index (χ3n) is 7.33. The number of urea groups is 1. The molecule has 1 aliphatic heterocycles. The van der Waals surface area contributed by atoms with Crippen molar-refractivity contribution < 1.29 is 9.53 Å². The molecule has 1 aromatic rings. The zero-order chi connectivity index (χ0) is 19.3. The quantitative estimate of drug-likeness (QED) is 0.789. The molecule has 154 valence electrons. The van der Waals surface area contributed by atoms with Gasteiger partial charge in [0.1, 0.15) is 0 Å². The largest absolute Gasteiger partial charge is 0.379 e. The van der Waals surface area contributed by atoms with Crippen molar-refractivity contribution in [2.24, 2.45) is 0 Å². The fourth-order valence-electron chi connectivity index (χ4n) is 5.37. The normalized spacial score (nSPS) is 24.1. The van der Waals surface area contributed by atoms with Gasteiger partial charge in [0.2, 0.25) is 0 Å². The lowest BCUT2D eigenvalue weighted by atomic mass is 9.64. The van der Waals surface area contributed by atoms with Crippen LogP contribution in [0.3, 0.4) is 0 Å². The second-order valence-corrected chi connectivity index (χ2v) is 8.92. The molecule has 0 unspecified atom stereocenters. The van der Waals surface area contributed by atoms with Gasteiger partial charge in [0, 0.05) is 37.1 Å². The van der Waals surface area contributed by atoms with Gasteiger partial charge in [-0.2, -0.15) is 0 Å². The first-order valence-electron chi connectivity index (χ1n) is 11.1. The summed E-state index contributed by atoms with van der Waals surface area (Å²) in [6.07, 6.45) is 9.78. The van der Waals surface area contributed by atoms with E-state index >= 15 is 0 Å². The number of ether oxygens (including phenoxy) is 1. The monoisotopic (exact) mass is 385 g/mol. The average Bonchev–Trinajstić information content (AvgIpc) is 2.74. The average molecular weight is 386 g/mol. The van der Waals surface area contributed by atoms with Gasteiger partial charge in [0.15, 0.2) is 0 Å². The topological polar surface area (TPSA) is 53.6 Å². The van der Waals surface area contributed by atoms with E-state index in [0.29, 0.717) is 0 Å². The van der Waals surface area contributed by atoms with E-state index in [1.807, 2.05) is 0 Å². The molecule has 1 aromatic carbocycles. The highest BCUT2D eigenvalue weighted by molar-refractivity contribution is 5.74. The van der Waals surface area contributed by atoms with Crippen molar-refractivity contribution in [2.45, 2.75) is 62.3 Å². The van der Waals surface area contributed by atoms with Crippen LogP contribution in [0.1, 0.15) is 56.9 Å². The molecule has 2 aliphatic carbocycles. The molecule has 2 amide bonds. The Bertz CT molecular complexity index is 633. The van der Waals surface area contributed by atoms with Gasteiger partial charge in [-0.05, 0) is 31.2 Å². The molecule has 28 heavy (non-hydrogen) atoms. The van der Waals surface area contributed by atoms with E-state index in [-0.39, 0.29) is 17.0 Å². The summed E-state index contributed by atoms with van der Waals surface area (Å²) in [5.74, 6) is 0. The number of morpholine rings is 1. The van der Waals surface area contributed by atoms with Crippen molar-refractivity contribution in [3.05, 3.63) is 35.9 Å². The summed E-state index contributed by atoms with van der Waals surface area (Å²) in [5, 5.41) is 6.42. The Hall–Kier alpha value is -1.59. The predicted molar refractivity (Wildman–Crippen MR) is 112 cm³/mol. The Labute approximate surface area is 169 Å². The number of nitrogens with one attached hydrogen (secondary N) is 2. The van der Waals surface area contributed by atoms with Crippen LogP contribution in [-0.2, 0) is 10.2 Å². The van der Waals surface area contributed by atoms with Crippen molar-refractivity contribution in [2.75, 3.05) is 39.4 Å². The van der Waals surface area contributed by atoms with Crippen LogP contribution < -0.4 is 10.6 Å². The Kier molecular flexibility index (Phi) is 6.22. The van der Waals surface area contributed by atoms with Gasteiger partial charge in [-0.3, -0.25) is 4.90 Å². The maximum absolute atomic E-state index is 12.7. The fourth-order valence-corrected chi connectivity index (χ4v) is 5.37. The number of hydrogen-bond acceptors (Lipinski definition) is 3. The summed E-state index contributed by atoms with van der Waals surface area (Å²) in [4.78, 5) is 15.2. The maximum Gasteiger partial charge on any atom is 0.314 e. The fraction of sp³-hybridized carbons (Fsp3) is 0.696. The molecule has 5 heteroatoms. The van der Waals surface area contributed by atoms with Crippen LogP contribution in [0.15, 0.2) is 30.3 Å². The molecule has 2 saturated carbocycles. The van der Waals surface area contributed by atoms with Gasteiger partial charge in [0.25, 0.3) is 0 Å². The zero-order valence-electron chi connectivity index (χ0n) is 17.0. The number of amides is 2. The van der Waals surface area contributed by atoms with Crippen LogP contribution in [0.4, 0.5) is 4.79 Å². The summed E-state index contributed by atoms with van der Waals surface area (Å²) in [5.41, 5.74) is 1.61. The predicted octanol–water partition coefficient (Wildman–Crippen LogP) is 3.44. The van der Waals surface area contributed by atoms with Gasteiger partial charge in [0.05, 0.1) is 13.2 Å². The van der Waals surface area contributed by atoms with Crippen molar-refractivity contribution in [3.8, 4) is 0 Å². The Morgan fingerprint density at radius 3 is 2.21 bits per heavy atom. The number of benzene rings is 1. The molecular weight excluding hydrogens is 350 g/mol. The summed E-state index contributed by atoms with van der Waals surface area (Å²) >= 11 is 0. The van der Waals surface area contributed by atoms with Crippen LogP contribution in [0.5, 0.6) is 0 Å². The number of rotatable bonds is 6. The standard InChI is InChI=1S/C23H35N3O2/c27-21(24-18-22(10-7-11-22)20-8-3-1-4-9-20)25-19-23(12-5-2-6-13-23)26-14-16-28-17-15-26/h1,3-4,8-9H,2,5-7,10-19H2,(H2,24,25,27). The third-order valence-corrected chi connectivity index (χ3v) is 7.33. The smallest absolute Gasteiger partial charge is 0.314 e. The molecule has 0 bridgehead atoms. The van der Waals surface area contributed by atoms with E-state index in [4.69, 9.17) is 4.74 Å². The minimum atomic E-state index is -0.0135. The molecule has 5 nitrogen and oxygen atoms in total. The van der Waals surface area contributed by atoms with Crippen LogP contribution >= 0.6 is 0 Å². The molecule has 1 heterocycles. The highest BCUT2D eigenvalue weighted by Crippen LogP contribution is 2.43. The van der Waals surface area contributed by atoms with Crippen LogP contribution in [0, 0.1) is 0 Å². The van der Waals surface area contributed by atoms with E-state index in [2.05, 4.69) is 45.9 Å². The highest BCUT2D eigenvalue weighted by Gasteiger charge is 2.40. The van der Waals surface area contributed by atoms with Gasteiger partial charge < -0.3 is 15.4 Å². The van der Waals surface area contributed by atoms with Crippen LogP contribution in [-0.4, -0.2) is 55.9 Å². The van der Waals surface area contributed by atoms with Crippen molar-refractivity contribution in [1.29, 1.82) is 0 Å². The minimum Gasteiger partial charge on any atom is -0.379 e. The highest BCUT2D eigenvalue weighted by atomic mass is 16.5. The van der Waals surface area contributed by atoms with E-state index in [9.17, 15) is 4.79 Å². The van der Waals surface area contributed by atoms with Gasteiger partial charge in [-0.25, -0.2) is 4.79 Å². The number of nitrogens with zero attached hydrogens (tertiary/aromatic N) is 1. The number of carbonyl (C=O) groups excluding carboxylic acids is 1. The van der Waals surface area contributed by atoms with Crippen LogP contribution in [0.2, 0.25) is 0 Å². The first-order valence-corrected chi connectivity index (χ1v) is 11.1. The second-order valence-electron chi connectivity index (χ2n) is 8.92. The second kappa shape index (κ2) is 8.83. The lowest BCUT2D eigenvalue weighted by molar-refractivity contribution is -0.0357. The molecule has 0 radical (unpaired) electrons. The van der Waals surface area contributed by atoms with E-state index in [1.54, 1.807) is 0 Å². The molecule has 2 N–H and O–H groups in total. The maximum atomic E-state index is 12.7. The Balaban J connectivity index is 1.32. The van der Waals surface area contributed by atoms with E-state index in [1.165, 1.54) is 44.1 Å². The van der Waals surface area contributed by atoms with Gasteiger partial charge in [-0.15, -0.1) is 0 Å². The van der Waals surface area contributed by atoms with E-state index < -0.39 is 0 Å². The Morgan fingerprint density at radius 1 is 0.893 bits per heavy atom. The first kappa shape index (κ1) is 19.7. The van der Waals surface area contributed by atoms with Crippen molar-refractivity contribution in [1.82, 2.24) is 15.5 Å². The SMILES string of the molecule is O=C(NCC1(c2ccccc2)CCC1)NCC1(N2CCOCC2)CCCCC1. The summed E-state index contributed by atoms with van der Waals surface area (Å²) in [7, 11) is 0. The first-order chi connectivity index (χ1) is 13.7. The molecule has 1 saturated heterocycles. The molecule has 0 atom stereocenters. The van der Waals surface area contributed by atoms with E-state index in [0.717, 1.165) is 52.2 Å². The summed E-state index contributed by atoms with van der Waals surface area (Å²) in [6, 6.07) is 10.7. The number of carbonyl (C=O) groups is 1. The number of hydrogen-bond donors (Lipinski definition) is 2. The molecule has 3 aliphatic rings. The van der Waals surface area contributed by atoms with Crippen LogP contribution in [0.25, 0.3) is 0 Å². The molecule has 0 aromatic heterocycles. The molecular formula is C23H35N3O2. The third kappa shape index (κ3) is 4.20. The van der Waals surface area contributed by atoms with Gasteiger partial charge >= 0.3 is 6.03 Å². The summed E-state index contributed by atoms with van der Waals surface area (Å²) < 4.78 is 5.56. The van der Waals surface area contributed by atoms with Gasteiger partial charge in [-0.1, -0.05) is 56.0 Å². The lowest BCUT2D eigenvalue weighted by Gasteiger charge is -2.48. The molecule has 0 spiro atoms. The summed E-state index contributed by atoms with van der Waals surface area (Å²) in [6.45, 7) is 5.08. The molecule has 3 fully saturated rings. The minimum absolute atomic E-state index is 0.0135. The Morgan fingerprint density at radius 2 is 1.57 bits per heavy atom.